The zero-order valence-corrected chi connectivity index (χ0v) is 14.4. The van der Waals surface area contributed by atoms with Gasteiger partial charge < -0.3 is 4.57 Å². The third kappa shape index (κ3) is 2.70. The monoisotopic (exact) mass is 338 g/mol. The van der Waals surface area contributed by atoms with Crippen molar-refractivity contribution < 1.29 is 0 Å². The van der Waals surface area contributed by atoms with Gasteiger partial charge in [-0.1, -0.05) is 17.7 Å². The molecule has 2 unspecified atom stereocenters. The van der Waals surface area contributed by atoms with Gasteiger partial charge in [-0.05, 0) is 50.6 Å². The molecule has 0 N–H and O–H groups in total. The van der Waals surface area contributed by atoms with Gasteiger partial charge in [-0.3, -0.25) is 0 Å². The minimum atomic E-state index is -0.143. The molecule has 0 aliphatic rings. The molecule has 2 nitrogen and oxygen atoms in total. The van der Waals surface area contributed by atoms with E-state index >= 15 is 0 Å². The number of imidazole rings is 1. The van der Waals surface area contributed by atoms with Crippen LogP contribution < -0.4 is 0 Å². The molecule has 2 atom stereocenters. The fourth-order valence-electron chi connectivity index (χ4n) is 2.59. The first-order valence-corrected chi connectivity index (χ1v) is 8.48. The highest BCUT2D eigenvalue weighted by molar-refractivity contribution is 7.16. The molecule has 0 spiro atoms. The molecule has 0 saturated heterocycles. The van der Waals surface area contributed by atoms with Gasteiger partial charge in [-0.2, -0.15) is 0 Å². The van der Waals surface area contributed by atoms with E-state index in [9.17, 15) is 0 Å². The van der Waals surface area contributed by atoms with Gasteiger partial charge in [0, 0.05) is 4.88 Å². The number of fused-ring (bicyclic) bond motifs is 1. The Balaban J connectivity index is 2.23. The quantitative estimate of drug-likeness (QED) is 0.538. The fourth-order valence-corrected chi connectivity index (χ4v) is 3.85. The molecule has 0 radical (unpaired) electrons. The highest BCUT2D eigenvalue weighted by Gasteiger charge is 2.21. The molecule has 2 heterocycles. The average molecular weight is 339 g/mol. The van der Waals surface area contributed by atoms with E-state index in [-0.39, 0.29) is 11.4 Å². The Hall–Kier alpha value is -1.03. The van der Waals surface area contributed by atoms with Crippen LogP contribution in [0.15, 0.2) is 30.3 Å². The summed E-state index contributed by atoms with van der Waals surface area (Å²) in [6.45, 7) is 6.21. The normalized spacial score (nSPS) is 14.5. The standard InChI is InChI=1S/C16H16Cl2N2S/c1-9-4-5-12-13(8-9)20(16(19-12)10(2)17)11(3)14-6-7-15(18)21-14/h4-8,10-11H,1-3H3. The minimum absolute atomic E-state index is 0.143. The molecule has 0 aliphatic carbocycles. The summed E-state index contributed by atoms with van der Waals surface area (Å²) in [5.74, 6) is 0.897. The zero-order chi connectivity index (χ0) is 15.1. The summed E-state index contributed by atoms with van der Waals surface area (Å²) in [7, 11) is 0. The van der Waals surface area contributed by atoms with Crippen molar-refractivity contribution in [3.8, 4) is 0 Å². The number of rotatable bonds is 3. The van der Waals surface area contributed by atoms with Gasteiger partial charge in [0.05, 0.1) is 26.8 Å². The number of alkyl halides is 1. The van der Waals surface area contributed by atoms with E-state index in [1.54, 1.807) is 11.3 Å². The van der Waals surface area contributed by atoms with Crippen molar-refractivity contribution in [3.63, 3.8) is 0 Å². The maximum atomic E-state index is 6.35. The Morgan fingerprint density at radius 3 is 2.57 bits per heavy atom. The van der Waals surface area contributed by atoms with Gasteiger partial charge in [0.1, 0.15) is 5.82 Å². The lowest BCUT2D eigenvalue weighted by Crippen LogP contribution is -2.10. The molecule has 5 heteroatoms. The fraction of sp³-hybridized carbons (Fsp3) is 0.312. The van der Waals surface area contributed by atoms with Crippen molar-refractivity contribution in [2.75, 3.05) is 0 Å². The maximum absolute atomic E-state index is 6.35. The highest BCUT2D eigenvalue weighted by Crippen LogP contribution is 2.35. The second-order valence-corrected chi connectivity index (χ2v) is 7.67. The number of halogens is 2. The molecular formula is C16H16Cl2N2S. The molecular weight excluding hydrogens is 323 g/mol. The van der Waals surface area contributed by atoms with Crippen LogP contribution in [-0.2, 0) is 0 Å². The molecule has 0 bridgehead atoms. The SMILES string of the molecule is Cc1ccc2nc(C(C)Cl)n(C(C)c3ccc(Cl)s3)c2c1. The van der Waals surface area contributed by atoms with Crippen molar-refractivity contribution in [1.29, 1.82) is 0 Å². The van der Waals surface area contributed by atoms with Crippen LogP contribution in [0.5, 0.6) is 0 Å². The molecule has 0 aliphatic heterocycles. The van der Waals surface area contributed by atoms with Crippen molar-refractivity contribution in [3.05, 3.63) is 50.9 Å². The lowest BCUT2D eigenvalue weighted by atomic mass is 10.2. The summed E-state index contributed by atoms with van der Waals surface area (Å²) in [5, 5.41) is -0.143. The molecule has 110 valence electrons. The second kappa shape index (κ2) is 5.64. The van der Waals surface area contributed by atoms with Crippen molar-refractivity contribution in [2.24, 2.45) is 0 Å². The highest BCUT2D eigenvalue weighted by atomic mass is 35.5. The topological polar surface area (TPSA) is 17.8 Å². The number of aryl methyl sites for hydroxylation is 1. The van der Waals surface area contributed by atoms with Crippen LogP contribution in [-0.4, -0.2) is 9.55 Å². The summed E-state index contributed by atoms with van der Waals surface area (Å²) < 4.78 is 3.03. The first kappa shape index (κ1) is 14.9. The van der Waals surface area contributed by atoms with Gasteiger partial charge in [-0.15, -0.1) is 22.9 Å². The minimum Gasteiger partial charge on any atom is -0.319 e. The van der Waals surface area contributed by atoms with Gasteiger partial charge >= 0.3 is 0 Å². The predicted molar refractivity (Wildman–Crippen MR) is 91.9 cm³/mol. The average Bonchev–Trinajstić information content (AvgIpc) is 3.01. The number of aromatic nitrogens is 2. The molecule has 0 fully saturated rings. The number of nitrogens with zero attached hydrogens (tertiary/aromatic N) is 2. The number of hydrogen-bond donors (Lipinski definition) is 0. The number of hydrogen-bond acceptors (Lipinski definition) is 2. The first-order chi connectivity index (χ1) is 9.97. The van der Waals surface area contributed by atoms with Gasteiger partial charge in [0.25, 0.3) is 0 Å². The van der Waals surface area contributed by atoms with E-state index in [0.29, 0.717) is 0 Å². The Bertz CT molecular complexity index is 789. The summed E-state index contributed by atoms with van der Waals surface area (Å²) in [6, 6.07) is 10.5. The summed E-state index contributed by atoms with van der Waals surface area (Å²) in [4.78, 5) is 5.92. The maximum Gasteiger partial charge on any atom is 0.128 e. The first-order valence-electron chi connectivity index (χ1n) is 6.85. The van der Waals surface area contributed by atoms with E-state index in [1.165, 1.54) is 10.4 Å². The van der Waals surface area contributed by atoms with Gasteiger partial charge in [0.15, 0.2) is 0 Å². The van der Waals surface area contributed by atoms with Crippen LogP contribution in [0.1, 0.15) is 41.5 Å². The molecule has 2 aromatic heterocycles. The van der Waals surface area contributed by atoms with E-state index in [2.05, 4.69) is 42.7 Å². The van der Waals surface area contributed by atoms with Crippen molar-refractivity contribution >= 4 is 45.6 Å². The Kier molecular flexibility index (Phi) is 4.00. The van der Waals surface area contributed by atoms with E-state index < -0.39 is 0 Å². The van der Waals surface area contributed by atoms with E-state index in [4.69, 9.17) is 28.2 Å². The van der Waals surface area contributed by atoms with Crippen LogP contribution in [0.2, 0.25) is 4.34 Å². The second-order valence-electron chi connectivity index (χ2n) is 5.27. The van der Waals surface area contributed by atoms with Crippen LogP contribution >= 0.6 is 34.5 Å². The van der Waals surface area contributed by atoms with Crippen LogP contribution in [0, 0.1) is 6.92 Å². The van der Waals surface area contributed by atoms with Crippen LogP contribution in [0.3, 0.4) is 0 Å². The molecule has 21 heavy (non-hydrogen) atoms. The lowest BCUT2D eigenvalue weighted by Gasteiger charge is -2.17. The third-order valence-corrected chi connectivity index (χ3v) is 5.22. The molecule has 3 rings (SSSR count). The number of thiophene rings is 1. The van der Waals surface area contributed by atoms with Gasteiger partial charge in [-0.25, -0.2) is 4.98 Å². The lowest BCUT2D eigenvalue weighted by molar-refractivity contribution is 0.628. The summed E-state index contributed by atoms with van der Waals surface area (Å²) in [6.07, 6.45) is 0. The Morgan fingerprint density at radius 2 is 1.95 bits per heavy atom. The Morgan fingerprint density at radius 1 is 1.19 bits per heavy atom. The smallest absolute Gasteiger partial charge is 0.128 e. The summed E-state index contributed by atoms with van der Waals surface area (Å²) in [5.41, 5.74) is 3.32. The molecule has 3 aromatic rings. The van der Waals surface area contributed by atoms with E-state index in [1.807, 2.05) is 13.0 Å². The van der Waals surface area contributed by atoms with Crippen LogP contribution in [0.25, 0.3) is 11.0 Å². The third-order valence-electron chi connectivity index (χ3n) is 3.62. The molecule has 1 aromatic carbocycles. The Labute approximate surface area is 138 Å². The van der Waals surface area contributed by atoms with Crippen molar-refractivity contribution in [1.82, 2.24) is 9.55 Å². The largest absolute Gasteiger partial charge is 0.319 e. The number of benzene rings is 1. The van der Waals surface area contributed by atoms with Crippen LogP contribution in [0.4, 0.5) is 0 Å². The zero-order valence-electron chi connectivity index (χ0n) is 12.1. The van der Waals surface area contributed by atoms with Gasteiger partial charge in [0.2, 0.25) is 0 Å². The summed E-state index contributed by atoms with van der Waals surface area (Å²) >= 11 is 14.0. The molecule has 0 saturated carbocycles. The van der Waals surface area contributed by atoms with Crippen molar-refractivity contribution in [2.45, 2.75) is 32.2 Å². The van der Waals surface area contributed by atoms with E-state index in [0.717, 1.165) is 21.2 Å². The molecule has 0 amide bonds. The predicted octanol–water partition coefficient (Wildman–Crippen LogP) is 5.97.